The van der Waals surface area contributed by atoms with Crippen molar-refractivity contribution in [3.63, 3.8) is 0 Å². The summed E-state index contributed by atoms with van der Waals surface area (Å²) in [7, 11) is -3.83. The fourth-order valence-corrected chi connectivity index (χ4v) is 4.17. The highest BCUT2D eigenvalue weighted by molar-refractivity contribution is 7.89. The highest BCUT2D eigenvalue weighted by Gasteiger charge is 2.29. The van der Waals surface area contributed by atoms with Crippen LogP contribution in [0.4, 0.5) is 5.69 Å². The summed E-state index contributed by atoms with van der Waals surface area (Å²) in [6, 6.07) is 14.4. The number of rotatable bonds is 4. The van der Waals surface area contributed by atoms with E-state index in [-0.39, 0.29) is 23.4 Å². The van der Waals surface area contributed by atoms with Gasteiger partial charge in [0.2, 0.25) is 10.0 Å². The summed E-state index contributed by atoms with van der Waals surface area (Å²) in [5.74, 6) is 0.336. The number of nitrogens with zero attached hydrogens (tertiary/aromatic N) is 2. The molecule has 0 fully saturated rings. The molecular weight excluding hydrogens is 446 g/mol. The van der Waals surface area contributed by atoms with Gasteiger partial charge in [-0.2, -0.15) is 10.1 Å². The lowest BCUT2D eigenvalue weighted by Gasteiger charge is -2.11. The van der Waals surface area contributed by atoms with Crippen LogP contribution in [0.3, 0.4) is 0 Å². The Labute approximate surface area is 188 Å². The quantitative estimate of drug-likeness (QED) is 0.467. The molecule has 2 aromatic carbocycles. The van der Waals surface area contributed by atoms with Crippen molar-refractivity contribution >= 4 is 39.4 Å². The van der Waals surface area contributed by atoms with Crippen LogP contribution in [0, 0.1) is 0 Å². The molecular formula is C23H17N3O6S. The van der Waals surface area contributed by atoms with Crippen molar-refractivity contribution in [2.45, 2.75) is 18.4 Å². The van der Waals surface area contributed by atoms with E-state index in [2.05, 4.69) is 5.10 Å². The molecule has 3 heterocycles. The Bertz CT molecular complexity index is 1480. The van der Waals surface area contributed by atoms with Gasteiger partial charge >= 0.3 is 5.97 Å². The van der Waals surface area contributed by atoms with Crippen LogP contribution in [0.25, 0.3) is 17.4 Å². The van der Waals surface area contributed by atoms with Crippen molar-refractivity contribution in [3.8, 4) is 11.3 Å². The summed E-state index contributed by atoms with van der Waals surface area (Å²) in [5.41, 5.74) is 3.38. The van der Waals surface area contributed by atoms with Gasteiger partial charge < -0.3 is 9.15 Å². The minimum absolute atomic E-state index is 0.0556. The van der Waals surface area contributed by atoms with Crippen LogP contribution >= 0.6 is 0 Å². The number of furan rings is 1. The van der Waals surface area contributed by atoms with Crippen molar-refractivity contribution in [1.82, 2.24) is 0 Å². The van der Waals surface area contributed by atoms with E-state index in [0.717, 1.165) is 11.1 Å². The molecule has 1 amide bonds. The maximum absolute atomic E-state index is 13.0. The van der Waals surface area contributed by atoms with Gasteiger partial charge in [0, 0.05) is 11.1 Å². The van der Waals surface area contributed by atoms with Gasteiger partial charge in [0.05, 0.1) is 27.4 Å². The maximum atomic E-state index is 13.0. The number of carbonyl (C=O) groups is 2. The molecule has 0 unspecified atom stereocenters. The van der Waals surface area contributed by atoms with Gasteiger partial charge in [-0.15, -0.1) is 0 Å². The van der Waals surface area contributed by atoms with Crippen molar-refractivity contribution in [1.29, 1.82) is 0 Å². The lowest BCUT2D eigenvalue weighted by molar-refractivity contribution is -0.114. The van der Waals surface area contributed by atoms with Crippen molar-refractivity contribution in [2.75, 3.05) is 5.01 Å². The van der Waals surface area contributed by atoms with Gasteiger partial charge in [0.15, 0.2) is 0 Å². The third kappa shape index (κ3) is 3.75. The first-order valence-corrected chi connectivity index (χ1v) is 11.4. The Morgan fingerprint density at radius 2 is 1.82 bits per heavy atom. The number of cyclic esters (lactones) is 1. The zero-order valence-electron chi connectivity index (χ0n) is 17.3. The molecule has 2 N–H and O–H groups in total. The van der Waals surface area contributed by atoms with Crippen LogP contribution in [0.5, 0.6) is 0 Å². The molecule has 9 nitrogen and oxygen atoms in total. The van der Waals surface area contributed by atoms with Crippen LogP contribution in [-0.4, -0.2) is 26.0 Å². The number of benzene rings is 2. The monoisotopic (exact) mass is 463 g/mol. The topological polar surface area (TPSA) is 132 Å². The van der Waals surface area contributed by atoms with E-state index in [1.807, 2.05) is 6.07 Å². The van der Waals surface area contributed by atoms with E-state index >= 15 is 0 Å². The van der Waals surface area contributed by atoms with E-state index in [1.54, 1.807) is 37.3 Å². The van der Waals surface area contributed by atoms with Crippen LogP contribution in [-0.2, 0) is 26.2 Å². The minimum Gasteiger partial charge on any atom is -0.457 e. The third-order valence-electron chi connectivity index (χ3n) is 5.35. The third-order valence-corrected chi connectivity index (χ3v) is 6.28. The van der Waals surface area contributed by atoms with Crippen LogP contribution < -0.4 is 10.1 Å². The molecule has 0 atom stereocenters. The van der Waals surface area contributed by atoms with E-state index in [0.29, 0.717) is 34.1 Å². The fourth-order valence-electron chi connectivity index (χ4n) is 3.65. The number of ether oxygens (including phenoxy) is 1. The van der Waals surface area contributed by atoms with Gasteiger partial charge in [-0.1, -0.05) is 6.07 Å². The average molecular weight is 463 g/mol. The number of esters is 1. The summed E-state index contributed by atoms with van der Waals surface area (Å²) in [4.78, 5) is 24.5. The lowest BCUT2D eigenvalue weighted by atomic mass is 10.0. The number of nitrogens with two attached hydrogens (primary N) is 1. The Morgan fingerprint density at radius 1 is 1.06 bits per heavy atom. The smallest absolute Gasteiger partial charge is 0.338 e. The number of hydrogen-bond acceptors (Lipinski definition) is 7. The van der Waals surface area contributed by atoms with E-state index < -0.39 is 10.0 Å². The Hall–Kier alpha value is -4.02. The molecule has 1 aromatic heterocycles. The average Bonchev–Trinajstić information content (AvgIpc) is 3.48. The first kappa shape index (κ1) is 20.9. The Kier molecular flexibility index (Phi) is 4.76. The molecule has 0 saturated carbocycles. The van der Waals surface area contributed by atoms with Gasteiger partial charge in [-0.05, 0) is 61.5 Å². The Balaban J connectivity index is 1.40. The normalized spacial score (nSPS) is 16.8. The minimum atomic E-state index is -3.83. The SMILES string of the molecule is CC1=NN(c2ccc(S(N)(=O)=O)cc2)C(=O)/C1=C/c1ccc(-c2ccc3c(c2)COC3=O)o1. The van der Waals surface area contributed by atoms with Crippen molar-refractivity contribution < 1.29 is 27.2 Å². The summed E-state index contributed by atoms with van der Waals surface area (Å²) in [6.45, 7) is 1.93. The molecule has 3 aromatic rings. The van der Waals surface area contributed by atoms with Crippen molar-refractivity contribution in [3.05, 3.63) is 77.1 Å². The number of fused-ring (bicyclic) bond motifs is 1. The number of hydrazone groups is 1. The summed E-state index contributed by atoms with van der Waals surface area (Å²) in [6.07, 6.45) is 1.60. The first-order valence-electron chi connectivity index (χ1n) is 9.85. The molecule has 0 saturated heterocycles. The van der Waals surface area contributed by atoms with E-state index in [4.69, 9.17) is 14.3 Å². The van der Waals surface area contributed by atoms with Crippen molar-refractivity contribution in [2.24, 2.45) is 10.2 Å². The highest BCUT2D eigenvalue weighted by Crippen LogP contribution is 2.30. The van der Waals surface area contributed by atoms with Crippen LogP contribution in [0.1, 0.15) is 28.6 Å². The second-order valence-electron chi connectivity index (χ2n) is 7.55. The molecule has 0 radical (unpaired) electrons. The van der Waals surface area contributed by atoms with Crippen LogP contribution in [0.15, 0.2) is 74.6 Å². The number of anilines is 1. The van der Waals surface area contributed by atoms with Crippen LogP contribution in [0.2, 0.25) is 0 Å². The highest BCUT2D eigenvalue weighted by atomic mass is 32.2. The number of carbonyl (C=O) groups excluding carboxylic acids is 2. The fraction of sp³-hybridized carbons (Fsp3) is 0.0870. The Morgan fingerprint density at radius 3 is 2.55 bits per heavy atom. The summed E-state index contributed by atoms with van der Waals surface area (Å²) >= 11 is 0. The number of amides is 1. The summed E-state index contributed by atoms with van der Waals surface area (Å²) in [5, 5.41) is 10.6. The molecule has 2 aliphatic heterocycles. The molecule has 166 valence electrons. The molecule has 0 aliphatic carbocycles. The second-order valence-corrected chi connectivity index (χ2v) is 9.11. The molecule has 0 bridgehead atoms. The summed E-state index contributed by atoms with van der Waals surface area (Å²) < 4.78 is 33.8. The molecule has 10 heteroatoms. The second kappa shape index (κ2) is 7.54. The van der Waals surface area contributed by atoms with E-state index in [9.17, 15) is 18.0 Å². The predicted octanol–water partition coefficient (Wildman–Crippen LogP) is 3.07. The molecule has 0 spiro atoms. The zero-order valence-corrected chi connectivity index (χ0v) is 18.1. The zero-order chi connectivity index (χ0) is 23.3. The predicted molar refractivity (Wildman–Crippen MR) is 120 cm³/mol. The first-order chi connectivity index (χ1) is 15.7. The van der Waals surface area contributed by atoms with Gasteiger partial charge in [-0.3, -0.25) is 4.79 Å². The van der Waals surface area contributed by atoms with Gasteiger partial charge in [0.25, 0.3) is 5.91 Å². The van der Waals surface area contributed by atoms with E-state index in [1.165, 1.54) is 29.3 Å². The molecule has 5 rings (SSSR count). The lowest BCUT2D eigenvalue weighted by Crippen LogP contribution is -2.21. The largest absolute Gasteiger partial charge is 0.457 e. The molecule has 33 heavy (non-hydrogen) atoms. The maximum Gasteiger partial charge on any atom is 0.338 e. The van der Waals surface area contributed by atoms with Gasteiger partial charge in [-0.25, -0.2) is 18.4 Å². The number of sulfonamides is 1. The number of hydrogen-bond donors (Lipinski definition) is 1. The molecule has 2 aliphatic rings. The van der Waals surface area contributed by atoms with Gasteiger partial charge in [0.1, 0.15) is 18.1 Å². The standard InChI is InChI=1S/C23H17N3O6S/c1-13-20(22(27)26(25-13)16-3-6-18(7-4-16)33(24,29)30)11-17-5-9-21(32-17)14-2-8-19-15(10-14)12-31-23(19)28/h2-11H,12H2,1H3,(H2,24,29,30)/b20-11+. The number of primary sulfonamides is 1.